The van der Waals surface area contributed by atoms with E-state index in [0.29, 0.717) is 0 Å². The van der Waals surface area contributed by atoms with Crippen LogP contribution < -0.4 is 10.6 Å². The molecular formula is C22H20N6S3. The van der Waals surface area contributed by atoms with Crippen molar-refractivity contribution in [3.05, 3.63) is 71.3 Å². The summed E-state index contributed by atoms with van der Waals surface area (Å²) >= 11 is 4.91. The lowest BCUT2D eigenvalue weighted by molar-refractivity contribution is 0.611. The van der Waals surface area contributed by atoms with E-state index in [0.717, 1.165) is 61.6 Å². The Morgan fingerprint density at radius 1 is 1.06 bits per heavy atom. The minimum Gasteiger partial charge on any atom is -0.315 e. The number of pyridine rings is 1. The number of hydrogen-bond acceptors (Lipinski definition) is 9. The monoisotopic (exact) mass is 464 g/mol. The Morgan fingerprint density at radius 2 is 1.97 bits per heavy atom. The van der Waals surface area contributed by atoms with E-state index in [1.54, 1.807) is 41.2 Å². The first-order valence-electron chi connectivity index (χ1n) is 9.88. The maximum Gasteiger partial charge on any atom is 0.188 e. The molecule has 1 aromatic carbocycles. The summed E-state index contributed by atoms with van der Waals surface area (Å²) in [6.07, 6.45) is 4.50. The molecule has 0 spiro atoms. The lowest BCUT2D eigenvalue weighted by Crippen LogP contribution is -2.25. The number of hydrogen-bond donors (Lipinski definition) is 2. The molecule has 0 unspecified atom stereocenters. The van der Waals surface area contributed by atoms with E-state index in [-0.39, 0.29) is 0 Å². The molecule has 0 aliphatic carbocycles. The summed E-state index contributed by atoms with van der Waals surface area (Å²) in [7, 11) is 0. The molecular weight excluding hydrogens is 444 g/mol. The van der Waals surface area contributed by atoms with Gasteiger partial charge in [0.05, 0.1) is 16.3 Å². The van der Waals surface area contributed by atoms with Crippen LogP contribution in [0.4, 0.5) is 10.9 Å². The van der Waals surface area contributed by atoms with Crippen LogP contribution in [0.2, 0.25) is 0 Å². The molecule has 0 atom stereocenters. The Morgan fingerprint density at radius 3 is 2.81 bits per heavy atom. The van der Waals surface area contributed by atoms with Gasteiger partial charge in [-0.2, -0.15) is 0 Å². The third kappa shape index (κ3) is 4.90. The normalized spacial score (nSPS) is 13.1. The Kier molecular flexibility index (Phi) is 6.17. The molecule has 4 aromatic rings. The first-order valence-corrected chi connectivity index (χ1v) is 12.4. The highest BCUT2D eigenvalue weighted by atomic mass is 32.2. The van der Waals surface area contributed by atoms with Gasteiger partial charge in [-0.1, -0.05) is 41.7 Å². The van der Waals surface area contributed by atoms with Gasteiger partial charge in [-0.3, -0.25) is 0 Å². The van der Waals surface area contributed by atoms with Crippen molar-refractivity contribution in [2.75, 3.05) is 11.9 Å². The standard InChI is InChI=1S/C22H20N6S3/c1-14-12-29-22(27-14)28-20-19(30-15-5-3-2-4-6-15)9-16(10-24-20)31-21-17-11-23-8-7-18(17)25-13-26-21/h2-6,9-10,12-13,23H,7-8,11H2,1H3,(H,24,27,28). The van der Waals surface area contributed by atoms with Crippen LogP contribution in [-0.2, 0) is 13.0 Å². The first-order chi connectivity index (χ1) is 15.2. The summed E-state index contributed by atoms with van der Waals surface area (Å²) in [5, 5.41) is 10.7. The van der Waals surface area contributed by atoms with Gasteiger partial charge in [0.2, 0.25) is 0 Å². The highest BCUT2D eigenvalue weighted by Gasteiger charge is 2.17. The van der Waals surface area contributed by atoms with Crippen LogP contribution in [0.25, 0.3) is 0 Å². The van der Waals surface area contributed by atoms with E-state index in [4.69, 9.17) is 4.98 Å². The molecule has 3 aromatic heterocycles. The molecule has 2 N–H and O–H groups in total. The second-order valence-corrected chi connectivity index (χ2v) is 10.0. The van der Waals surface area contributed by atoms with Gasteiger partial charge >= 0.3 is 0 Å². The maximum atomic E-state index is 4.74. The van der Waals surface area contributed by atoms with Gasteiger partial charge in [-0.25, -0.2) is 19.9 Å². The third-order valence-electron chi connectivity index (χ3n) is 4.69. The topological polar surface area (TPSA) is 75.6 Å². The van der Waals surface area contributed by atoms with Crippen LogP contribution in [0.1, 0.15) is 17.0 Å². The molecule has 0 saturated carbocycles. The van der Waals surface area contributed by atoms with Gasteiger partial charge in [-0.05, 0) is 25.1 Å². The Labute approximate surface area is 193 Å². The zero-order valence-electron chi connectivity index (χ0n) is 16.8. The molecule has 6 nitrogen and oxygen atoms in total. The SMILES string of the molecule is Cc1csc(Nc2ncc(Sc3ncnc4c3CNCC4)cc2Sc2ccccc2)n1. The van der Waals surface area contributed by atoms with Crippen molar-refractivity contribution in [2.45, 2.75) is 39.6 Å². The fourth-order valence-electron chi connectivity index (χ4n) is 3.23. The molecule has 156 valence electrons. The summed E-state index contributed by atoms with van der Waals surface area (Å²) in [5.74, 6) is 0.805. The van der Waals surface area contributed by atoms with Gasteiger partial charge in [0.1, 0.15) is 17.2 Å². The number of aromatic nitrogens is 4. The maximum absolute atomic E-state index is 4.74. The van der Waals surface area contributed by atoms with E-state index >= 15 is 0 Å². The molecule has 1 aliphatic heterocycles. The number of benzene rings is 1. The van der Waals surface area contributed by atoms with Crippen molar-refractivity contribution in [2.24, 2.45) is 0 Å². The van der Waals surface area contributed by atoms with Crippen LogP contribution in [0.3, 0.4) is 0 Å². The Balaban J connectivity index is 1.47. The number of fused-ring (bicyclic) bond motifs is 1. The first kappa shape index (κ1) is 20.4. The van der Waals surface area contributed by atoms with Crippen molar-refractivity contribution < 1.29 is 0 Å². The highest BCUT2D eigenvalue weighted by Crippen LogP contribution is 2.38. The van der Waals surface area contributed by atoms with E-state index in [1.165, 1.54) is 5.56 Å². The van der Waals surface area contributed by atoms with Crippen molar-refractivity contribution in [3.63, 3.8) is 0 Å². The molecule has 0 radical (unpaired) electrons. The third-order valence-corrected chi connectivity index (χ3v) is 7.61. The molecule has 9 heteroatoms. The predicted octanol–water partition coefficient (Wildman–Crippen LogP) is 5.33. The van der Waals surface area contributed by atoms with Gasteiger partial charge in [0.15, 0.2) is 5.13 Å². The number of nitrogens with zero attached hydrogens (tertiary/aromatic N) is 4. The van der Waals surface area contributed by atoms with Crippen LogP contribution in [0.5, 0.6) is 0 Å². The average molecular weight is 465 g/mol. The van der Waals surface area contributed by atoms with Gasteiger partial charge in [0, 0.05) is 46.4 Å². The number of thiazole rings is 1. The second kappa shape index (κ2) is 9.35. The fraction of sp³-hybridized carbons (Fsp3) is 0.182. The van der Waals surface area contributed by atoms with Crippen molar-refractivity contribution in [1.29, 1.82) is 0 Å². The van der Waals surface area contributed by atoms with Crippen LogP contribution >= 0.6 is 34.9 Å². The molecule has 0 bridgehead atoms. The number of nitrogens with one attached hydrogen (secondary N) is 2. The van der Waals surface area contributed by atoms with E-state index in [1.807, 2.05) is 36.7 Å². The van der Waals surface area contributed by atoms with Crippen molar-refractivity contribution in [1.82, 2.24) is 25.3 Å². The van der Waals surface area contributed by atoms with Crippen LogP contribution in [-0.4, -0.2) is 26.5 Å². The van der Waals surface area contributed by atoms with Gasteiger partial charge < -0.3 is 10.6 Å². The zero-order chi connectivity index (χ0) is 21.0. The minimum atomic E-state index is 0.805. The number of anilines is 2. The van der Waals surface area contributed by atoms with E-state index in [2.05, 4.69) is 43.8 Å². The molecule has 31 heavy (non-hydrogen) atoms. The molecule has 4 heterocycles. The Hall–Kier alpha value is -2.46. The molecule has 0 saturated heterocycles. The van der Waals surface area contributed by atoms with Crippen molar-refractivity contribution in [3.8, 4) is 0 Å². The van der Waals surface area contributed by atoms with Gasteiger partial charge in [-0.15, -0.1) is 11.3 Å². The lowest BCUT2D eigenvalue weighted by atomic mass is 10.1. The second-order valence-electron chi connectivity index (χ2n) is 6.98. The smallest absolute Gasteiger partial charge is 0.188 e. The summed E-state index contributed by atoms with van der Waals surface area (Å²) < 4.78 is 0. The Bertz CT molecular complexity index is 1200. The average Bonchev–Trinajstić information content (AvgIpc) is 3.21. The number of aryl methyl sites for hydroxylation is 1. The quantitative estimate of drug-likeness (QED) is 0.371. The van der Waals surface area contributed by atoms with Crippen LogP contribution in [0, 0.1) is 6.92 Å². The molecule has 5 rings (SSSR count). The molecule has 0 fully saturated rings. The lowest BCUT2D eigenvalue weighted by Gasteiger charge is -2.18. The number of rotatable bonds is 6. The van der Waals surface area contributed by atoms with Crippen molar-refractivity contribution >= 4 is 45.8 Å². The summed E-state index contributed by atoms with van der Waals surface area (Å²) in [6.45, 7) is 3.76. The van der Waals surface area contributed by atoms with E-state index < -0.39 is 0 Å². The highest BCUT2D eigenvalue weighted by molar-refractivity contribution is 8.00. The predicted molar refractivity (Wildman–Crippen MR) is 127 cm³/mol. The summed E-state index contributed by atoms with van der Waals surface area (Å²) in [5.41, 5.74) is 3.33. The molecule has 1 aliphatic rings. The largest absolute Gasteiger partial charge is 0.315 e. The molecule has 0 amide bonds. The van der Waals surface area contributed by atoms with E-state index in [9.17, 15) is 0 Å². The summed E-state index contributed by atoms with van der Waals surface area (Å²) in [4.78, 5) is 21.5. The fourth-order valence-corrected chi connectivity index (χ4v) is 5.84. The summed E-state index contributed by atoms with van der Waals surface area (Å²) in [6, 6.07) is 12.5. The van der Waals surface area contributed by atoms with Gasteiger partial charge in [0.25, 0.3) is 0 Å². The van der Waals surface area contributed by atoms with Crippen LogP contribution in [0.15, 0.2) is 74.0 Å². The minimum absolute atomic E-state index is 0.805. The zero-order valence-corrected chi connectivity index (χ0v) is 19.3.